The molecule has 3 aromatic carbocycles. The van der Waals surface area contributed by atoms with Gasteiger partial charge in [0.1, 0.15) is 18.7 Å². The van der Waals surface area contributed by atoms with Gasteiger partial charge in [-0.2, -0.15) is 0 Å². The summed E-state index contributed by atoms with van der Waals surface area (Å²) in [6.45, 7) is 13.6. The third-order valence-corrected chi connectivity index (χ3v) is 14.8. The maximum absolute atomic E-state index is 14.4. The second-order valence-electron chi connectivity index (χ2n) is 21.7. The molecule has 90 heavy (non-hydrogen) atoms. The summed E-state index contributed by atoms with van der Waals surface area (Å²) in [6.07, 6.45) is 11.9. The van der Waals surface area contributed by atoms with Crippen molar-refractivity contribution < 1.29 is 81.3 Å². The van der Waals surface area contributed by atoms with E-state index in [9.17, 15) is 38.7 Å². The predicted molar refractivity (Wildman–Crippen MR) is 334 cm³/mol. The summed E-state index contributed by atoms with van der Waals surface area (Å²) in [4.78, 5) is 102. The summed E-state index contributed by atoms with van der Waals surface area (Å²) >= 11 is 0. The van der Waals surface area contributed by atoms with Gasteiger partial charge in [0, 0.05) is 62.2 Å². The molecule has 0 aromatic heterocycles. The van der Waals surface area contributed by atoms with Gasteiger partial charge in [-0.3, -0.25) is 33.8 Å². The molecule has 4 aliphatic heterocycles. The lowest BCUT2D eigenvalue weighted by molar-refractivity contribution is -0.132. The number of nitrogens with one attached hydrogen (secondary N) is 4. The van der Waals surface area contributed by atoms with Crippen molar-refractivity contribution in [1.82, 2.24) is 25.8 Å². The minimum Gasteiger partial charge on any atom is -0.493 e. The van der Waals surface area contributed by atoms with E-state index in [0.29, 0.717) is 99.4 Å². The molecule has 0 saturated carbocycles. The average Bonchev–Trinajstić information content (AvgIpc) is 1.62. The van der Waals surface area contributed by atoms with E-state index in [1.807, 2.05) is 44.4 Å². The van der Waals surface area contributed by atoms with Crippen molar-refractivity contribution in [2.45, 2.75) is 111 Å². The van der Waals surface area contributed by atoms with Gasteiger partial charge in [0.05, 0.1) is 115 Å². The number of hydrogen-bond donors (Lipinski definition) is 5. The molecule has 0 bridgehead atoms. The molecule has 0 fully saturated rings. The molecular formula is C65H84N8O17. The van der Waals surface area contributed by atoms with E-state index in [0.717, 1.165) is 16.0 Å². The molecule has 5 N–H and O–H groups in total. The number of aliphatic imine (C=N–C) groups is 1. The molecule has 486 valence electrons. The Bertz CT molecular complexity index is 3160. The Labute approximate surface area is 524 Å². The maximum Gasteiger partial charge on any atom is 0.416 e. The number of anilines is 2. The lowest BCUT2D eigenvalue weighted by atomic mass is 10.0. The lowest BCUT2D eigenvalue weighted by Crippen LogP contribution is -2.53. The number of methoxy groups -OCH3 is 2. The second-order valence-corrected chi connectivity index (χ2v) is 21.7. The fourth-order valence-corrected chi connectivity index (χ4v) is 10.1. The van der Waals surface area contributed by atoms with Crippen LogP contribution in [-0.2, 0) is 49.5 Å². The molecule has 25 heteroatoms. The highest BCUT2D eigenvalue weighted by Gasteiger charge is 2.45. The molecule has 3 aromatic rings. The van der Waals surface area contributed by atoms with Crippen LogP contribution in [0.1, 0.15) is 99.9 Å². The SMILES string of the molecule is C/C=C/C1=CN2C(=O)c3cc(OC)c(OCCCOc4cc5c(cc4OC)C(=O)N4C=C(/C=C/C)C[C@H]4[C@H](O)N5C(=O)OCc4ccc(NC(=O)[C@H](C)NC(=O)[C@@H](NC(=O)CCOCCOCCOCCOCCNC(=O)CC)C(C)C)cc4)cc3N=CC2C1. The number of aliphatic hydroxyl groups is 1. The van der Waals surface area contributed by atoms with E-state index in [-0.39, 0.29) is 92.4 Å². The monoisotopic (exact) mass is 1250 g/mol. The van der Waals surface area contributed by atoms with Crippen LogP contribution >= 0.6 is 0 Å². The first-order chi connectivity index (χ1) is 43.5. The van der Waals surface area contributed by atoms with Gasteiger partial charge in [-0.05, 0) is 80.5 Å². The van der Waals surface area contributed by atoms with E-state index >= 15 is 0 Å². The van der Waals surface area contributed by atoms with Crippen LogP contribution in [0.3, 0.4) is 0 Å². The number of amides is 7. The highest BCUT2D eigenvalue weighted by Crippen LogP contribution is 2.43. The molecule has 1 unspecified atom stereocenters. The van der Waals surface area contributed by atoms with Crippen LogP contribution in [0.25, 0.3) is 0 Å². The standard InChI is InChI=1S/C65H84N8O17/c1-9-13-44-31-47-37-67-50-35-55(53(82-7)33-48(50)62(78)71(47)38-44)88-21-12-22-89-56-36-51-49(34-54(56)83-8)63(79)72-39-45(14-10-2)32-52(72)64(80)73(51)65(81)90-40-43-15-17-46(18-16-43)69-60(76)42(6)68-61(77)59(41(4)5)70-58(75)19-23-84-25-27-86-29-30-87-28-26-85-24-20-66-57(74)11-3/h9-10,13-18,33-39,41-42,47,52,59,64,80H,11-12,19-32,40H2,1-8H3,(H,66,74)(H,68,77)(H,69,76)(H,70,75)/b13-9+,14-10+/t42-,47?,52-,59-,64-/m0/s1. The number of fused-ring (bicyclic) bond motifs is 4. The molecule has 4 aliphatic rings. The van der Waals surface area contributed by atoms with E-state index in [1.54, 1.807) is 74.5 Å². The first kappa shape index (κ1) is 68.9. The first-order valence-electron chi connectivity index (χ1n) is 30.3. The van der Waals surface area contributed by atoms with Crippen LogP contribution in [0.5, 0.6) is 23.0 Å². The topological polar surface area (TPSA) is 293 Å². The molecule has 5 atom stereocenters. The van der Waals surface area contributed by atoms with E-state index in [2.05, 4.69) is 26.3 Å². The smallest absolute Gasteiger partial charge is 0.416 e. The Hall–Kier alpha value is -8.62. The number of nitrogens with zero attached hydrogens (tertiary/aromatic N) is 4. The lowest BCUT2D eigenvalue weighted by Gasteiger charge is -2.31. The van der Waals surface area contributed by atoms with E-state index < -0.39 is 54.1 Å². The number of rotatable bonds is 34. The third kappa shape index (κ3) is 18.7. The molecule has 25 nitrogen and oxygen atoms in total. The number of allylic oxidation sites excluding steroid dienone is 4. The summed E-state index contributed by atoms with van der Waals surface area (Å²) in [5.41, 5.74) is 3.59. The largest absolute Gasteiger partial charge is 0.493 e. The number of benzene rings is 3. The third-order valence-electron chi connectivity index (χ3n) is 14.8. The molecule has 0 aliphatic carbocycles. The van der Waals surface area contributed by atoms with Gasteiger partial charge in [0.25, 0.3) is 11.8 Å². The Morgan fingerprint density at radius 3 is 1.90 bits per heavy atom. The molecule has 7 amide bonds. The van der Waals surface area contributed by atoms with Crippen LogP contribution in [0, 0.1) is 5.92 Å². The van der Waals surface area contributed by atoms with Crippen LogP contribution in [0.4, 0.5) is 21.9 Å². The van der Waals surface area contributed by atoms with Gasteiger partial charge in [-0.15, -0.1) is 0 Å². The Morgan fingerprint density at radius 2 is 1.28 bits per heavy atom. The number of carbonyl (C=O) groups is 7. The number of hydrogen-bond acceptors (Lipinski definition) is 18. The zero-order valence-corrected chi connectivity index (χ0v) is 52.4. The van der Waals surface area contributed by atoms with Gasteiger partial charge in [-0.1, -0.05) is 57.2 Å². The minimum atomic E-state index is -1.57. The summed E-state index contributed by atoms with van der Waals surface area (Å²) < 4.78 is 51.4. The Kier molecular flexibility index (Phi) is 26.3. The highest BCUT2D eigenvalue weighted by atomic mass is 16.6. The van der Waals surface area contributed by atoms with E-state index in [4.69, 9.17) is 42.6 Å². The Balaban J connectivity index is 0.888. The van der Waals surface area contributed by atoms with Crippen molar-refractivity contribution in [3.8, 4) is 23.0 Å². The molecule has 0 spiro atoms. The molecule has 0 saturated heterocycles. The van der Waals surface area contributed by atoms with Crippen molar-refractivity contribution in [2.75, 3.05) is 97.0 Å². The molecule has 7 rings (SSSR count). The van der Waals surface area contributed by atoms with Gasteiger partial charge in [0.2, 0.25) is 23.6 Å². The second kappa shape index (κ2) is 34.4. The van der Waals surface area contributed by atoms with Crippen molar-refractivity contribution in [3.63, 3.8) is 0 Å². The zero-order valence-electron chi connectivity index (χ0n) is 52.4. The van der Waals surface area contributed by atoms with E-state index in [1.165, 1.54) is 38.2 Å². The van der Waals surface area contributed by atoms with Crippen LogP contribution in [-0.4, -0.2) is 180 Å². The maximum atomic E-state index is 14.4. The fourth-order valence-electron chi connectivity index (χ4n) is 10.1. The van der Waals surface area contributed by atoms with Crippen LogP contribution < -0.4 is 45.1 Å². The molecule has 4 heterocycles. The predicted octanol–water partition coefficient (Wildman–Crippen LogP) is 6.66. The van der Waals surface area contributed by atoms with Crippen molar-refractivity contribution in [3.05, 3.63) is 113 Å². The van der Waals surface area contributed by atoms with Crippen molar-refractivity contribution in [2.24, 2.45) is 10.9 Å². The Morgan fingerprint density at radius 1 is 0.689 bits per heavy atom. The molecular weight excluding hydrogens is 1160 g/mol. The van der Waals surface area contributed by atoms with Gasteiger partial charge in [-0.25, -0.2) is 9.69 Å². The fraction of sp³-hybridized carbons (Fsp3) is 0.477. The van der Waals surface area contributed by atoms with Crippen molar-refractivity contribution >= 4 is 64.8 Å². The van der Waals surface area contributed by atoms with Gasteiger partial charge >= 0.3 is 6.09 Å². The molecule has 0 radical (unpaired) electrons. The summed E-state index contributed by atoms with van der Waals surface area (Å²) in [6, 6.07) is 9.66. The quantitative estimate of drug-likeness (QED) is 0.0391. The number of carbonyl (C=O) groups excluding carboxylic acids is 7. The summed E-state index contributed by atoms with van der Waals surface area (Å²) in [5, 5.41) is 23.0. The summed E-state index contributed by atoms with van der Waals surface area (Å²) in [7, 11) is 2.91. The summed E-state index contributed by atoms with van der Waals surface area (Å²) in [5.74, 6) is -1.40. The van der Waals surface area contributed by atoms with Crippen LogP contribution in [0.2, 0.25) is 0 Å². The van der Waals surface area contributed by atoms with Gasteiger partial charge in [0.15, 0.2) is 29.2 Å². The van der Waals surface area contributed by atoms with Gasteiger partial charge < -0.3 is 78.8 Å². The number of ether oxygens (including phenoxy) is 9. The average molecular weight is 1250 g/mol. The zero-order chi connectivity index (χ0) is 64.7. The number of aliphatic hydroxyl groups excluding tert-OH is 1. The van der Waals surface area contributed by atoms with Crippen LogP contribution in [0.15, 0.2) is 101 Å². The normalized spacial score (nSPS) is 17.4. The first-order valence-corrected chi connectivity index (χ1v) is 30.3. The highest BCUT2D eigenvalue weighted by molar-refractivity contribution is 6.07. The minimum absolute atomic E-state index is 0.00228. The van der Waals surface area contributed by atoms with Crippen molar-refractivity contribution in [1.29, 1.82) is 0 Å².